The van der Waals surface area contributed by atoms with Crippen molar-refractivity contribution in [3.05, 3.63) is 73.9 Å². The number of nitrogens with zero attached hydrogens (tertiary/aromatic N) is 1. The Balaban J connectivity index is 1.51. The lowest BCUT2D eigenvalue weighted by Gasteiger charge is -2.10. The van der Waals surface area contributed by atoms with Crippen LogP contribution in [0, 0.1) is 0 Å². The van der Waals surface area contributed by atoms with Crippen molar-refractivity contribution in [1.82, 2.24) is 9.97 Å². The average molecular weight is 417 g/mol. The van der Waals surface area contributed by atoms with Crippen molar-refractivity contribution in [2.45, 2.75) is 19.4 Å². The number of aromatic nitrogens is 2. The molecule has 1 atom stereocenters. The summed E-state index contributed by atoms with van der Waals surface area (Å²) in [6.45, 7) is 2.96. The van der Waals surface area contributed by atoms with Gasteiger partial charge in [-0.25, -0.2) is 4.98 Å². The Hall–Kier alpha value is -1.99. The van der Waals surface area contributed by atoms with Crippen molar-refractivity contribution in [2.75, 3.05) is 6.54 Å². The number of fused-ring (bicyclic) bond motifs is 1. The first-order valence-electron chi connectivity index (χ1n) is 8.75. The van der Waals surface area contributed by atoms with Crippen LogP contribution in [0.5, 0.6) is 0 Å². The van der Waals surface area contributed by atoms with Gasteiger partial charge in [0.15, 0.2) is 5.82 Å². The third kappa shape index (κ3) is 3.99. The lowest BCUT2D eigenvalue weighted by molar-refractivity contribution is -0.693. The average Bonchev–Trinajstić information content (AvgIpc) is 3.31. The van der Waals surface area contributed by atoms with Crippen LogP contribution in [0.15, 0.2) is 52.0 Å². The molecular weight excluding hydrogens is 398 g/mol. The number of nitrogens with one attached hydrogen (secondary N) is 1. The molecule has 0 unspecified atom stereocenters. The van der Waals surface area contributed by atoms with E-state index in [1.807, 2.05) is 41.1 Å². The minimum Gasteiger partial charge on any atom is -0.337 e. The van der Waals surface area contributed by atoms with Crippen molar-refractivity contribution in [2.24, 2.45) is 0 Å². The molecule has 0 aliphatic heterocycles. The van der Waals surface area contributed by atoms with E-state index >= 15 is 0 Å². The molecular formula is C20H19ClN3OS2+. The van der Waals surface area contributed by atoms with Crippen molar-refractivity contribution < 1.29 is 5.32 Å². The summed E-state index contributed by atoms with van der Waals surface area (Å²) in [6.07, 6.45) is 0.916. The molecule has 4 nitrogen and oxygen atoms in total. The Bertz CT molecular complexity index is 1120. The molecule has 0 amide bonds. The molecule has 3 heterocycles. The smallest absolute Gasteiger partial charge is 0.260 e. The van der Waals surface area contributed by atoms with Gasteiger partial charge in [0.05, 0.1) is 11.9 Å². The lowest BCUT2D eigenvalue weighted by Crippen LogP contribution is -2.85. The highest BCUT2D eigenvalue weighted by atomic mass is 35.5. The van der Waals surface area contributed by atoms with Crippen LogP contribution < -0.4 is 10.9 Å². The first kappa shape index (κ1) is 18.4. The largest absolute Gasteiger partial charge is 0.337 e. The molecule has 3 aromatic heterocycles. The number of quaternary nitrogens is 1. The van der Waals surface area contributed by atoms with Crippen molar-refractivity contribution in [3.63, 3.8) is 0 Å². The topological polar surface area (TPSA) is 62.4 Å². The Morgan fingerprint density at radius 1 is 1.26 bits per heavy atom. The summed E-state index contributed by atoms with van der Waals surface area (Å²) in [6, 6.07) is 12.0. The van der Waals surface area contributed by atoms with Gasteiger partial charge in [-0.15, -0.1) is 22.7 Å². The van der Waals surface area contributed by atoms with Gasteiger partial charge in [0.1, 0.15) is 10.9 Å². The third-order valence-electron chi connectivity index (χ3n) is 4.52. The van der Waals surface area contributed by atoms with E-state index in [0.717, 1.165) is 39.1 Å². The maximum absolute atomic E-state index is 12.7. The molecule has 0 radical (unpaired) electrons. The maximum Gasteiger partial charge on any atom is 0.260 e. The maximum atomic E-state index is 12.7. The van der Waals surface area contributed by atoms with Crippen LogP contribution in [0.25, 0.3) is 20.7 Å². The second-order valence-corrected chi connectivity index (χ2v) is 8.69. The molecule has 3 N–H and O–H groups in total. The molecule has 1 aromatic carbocycles. The summed E-state index contributed by atoms with van der Waals surface area (Å²) < 4.78 is 0. The number of hydrogen-bond donors (Lipinski definition) is 2. The minimum atomic E-state index is -0.0604. The zero-order valence-corrected chi connectivity index (χ0v) is 17.1. The molecule has 4 aromatic rings. The van der Waals surface area contributed by atoms with Crippen molar-refractivity contribution >= 4 is 44.5 Å². The van der Waals surface area contributed by atoms with E-state index in [-0.39, 0.29) is 11.6 Å². The third-order valence-corrected chi connectivity index (χ3v) is 6.53. The van der Waals surface area contributed by atoms with Crippen LogP contribution in [0.2, 0.25) is 5.02 Å². The van der Waals surface area contributed by atoms with Gasteiger partial charge in [-0.2, -0.15) is 0 Å². The van der Waals surface area contributed by atoms with Crippen molar-refractivity contribution in [1.29, 1.82) is 0 Å². The van der Waals surface area contributed by atoms with Crippen LogP contribution >= 0.6 is 34.3 Å². The second-order valence-electron chi connectivity index (χ2n) is 6.45. The molecule has 0 saturated heterocycles. The summed E-state index contributed by atoms with van der Waals surface area (Å²) in [4.78, 5) is 22.3. The van der Waals surface area contributed by atoms with E-state index in [0.29, 0.717) is 5.39 Å². The first-order valence-corrected chi connectivity index (χ1v) is 10.9. The van der Waals surface area contributed by atoms with Crippen LogP contribution in [0.1, 0.15) is 24.4 Å². The summed E-state index contributed by atoms with van der Waals surface area (Å²) >= 11 is 9.20. The Morgan fingerprint density at radius 3 is 2.93 bits per heavy atom. The number of benzene rings is 1. The number of hydrogen-bond acceptors (Lipinski definition) is 4. The first-order chi connectivity index (χ1) is 13.1. The molecule has 0 spiro atoms. The summed E-state index contributed by atoms with van der Waals surface area (Å²) in [5.74, 6) is 0.721. The zero-order chi connectivity index (χ0) is 18.8. The molecule has 7 heteroatoms. The number of thiophene rings is 2. The normalized spacial score (nSPS) is 12.5. The predicted octanol–water partition coefficient (Wildman–Crippen LogP) is 4.23. The molecule has 27 heavy (non-hydrogen) atoms. The van der Waals surface area contributed by atoms with Gasteiger partial charge in [0.25, 0.3) is 5.56 Å². The Kier molecular flexibility index (Phi) is 5.41. The van der Waals surface area contributed by atoms with Gasteiger partial charge < -0.3 is 10.3 Å². The van der Waals surface area contributed by atoms with Crippen LogP contribution in [0.4, 0.5) is 0 Å². The fraction of sp³-hybridized carbons (Fsp3) is 0.200. The standard InChI is InChI=1S/C20H18ClN3OS2/c1-12(22-8-7-13-4-2-5-14(21)10-13)18-23-19(25)17-15(11-27-20(17)24-18)16-6-3-9-26-16/h2-6,9-12,22H,7-8H2,1H3,(H,23,24,25)/p+1/t12-/m0/s1. The van der Waals surface area contributed by atoms with Crippen LogP contribution in [-0.2, 0) is 6.42 Å². The molecule has 0 aliphatic carbocycles. The van der Waals surface area contributed by atoms with Gasteiger partial charge in [-0.05, 0) is 36.1 Å². The van der Waals surface area contributed by atoms with Crippen LogP contribution in [0.3, 0.4) is 0 Å². The molecule has 0 aliphatic rings. The minimum absolute atomic E-state index is 0.0604. The highest BCUT2D eigenvalue weighted by Gasteiger charge is 2.17. The Morgan fingerprint density at radius 2 is 2.15 bits per heavy atom. The monoisotopic (exact) mass is 416 g/mol. The number of rotatable bonds is 6. The van der Waals surface area contributed by atoms with E-state index in [1.54, 1.807) is 11.3 Å². The fourth-order valence-corrected chi connectivity index (χ4v) is 5.08. The van der Waals surface area contributed by atoms with E-state index in [2.05, 4.69) is 23.3 Å². The zero-order valence-electron chi connectivity index (χ0n) is 14.7. The van der Waals surface area contributed by atoms with Crippen molar-refractivity contribution in [3.8, 4) is 10.4 Å². The number of H-pyrrole nitrogens is 1. The van der Waals surface area contributed by atoms with Gasteiger partial charge in [0.2, 0.25) is 0 Å². The molecule has 0 saturated carbocycles. The number of halogens is 1. The summed E-state index contributed by atoms with van der Waals surface area (Å²) in [5.41, 5.74) is 2.12. The number of nitrogens with two attached hydrogens (primary N) is 1. The van der Waals surface area contributed by atoms with E-state index in [4.69, 9.17) is 16.6 Å². The van der Waals surface area contributed by atoms with Gasteiger partial charge in [-0.3, -0.25) is 4.79 Å². The van der Waals surface area contributed by atoms with E-state index < -0.39 is 0 Å². The highest BCUT2D eigenvalue weighted by Crippen LogP contribution is 2.33. The highest BCUT2D eigenvalue weighted by molar-refractivity contribution is 7.18. The van der Waals surface area contributed by atoms with Gasteiger partial charge >= 0.3 is 0 Å². The van der Waals surface area contributed by atoms with E-state index in [9.17, 15) is 4.79 Å². The second kappa shape index (κ2) is 7.94. The molecule has 138 valence electrons. The summed E-state index contributed by atoms with van der Waals surface area (Å²) in [7, 11) is 0. The molecule has 0 fully saturated rings. The predicted molar refractivity (Wildman–Crippen MR) is 114 cm³/mol. The number of aromatic amines is 1. The Labute approximate surface area is 169 Å². The van der Waals surface area contributed by atoms with Gasteiger partial charge in [-0.1, -0.05) is 29.8 Å². The quantitative estimate of drug-likeness (QED) is 0.494. The molecule has 0 bridgehead atoms. The lowest BCUT2D eigenvalue weighted by atomic mass is 10.1. The van der Waals surface area contributed by atoms with Gasteiger partial charge in [0, 0.05) is 27.3 Å². The van der Waals surface area contributed by atoms with E-state index in [1.165, 1.54) is 16.9 Å². The SMILES string of the molecule is C[C@H]([NH2+]CCc1cccc(Cl)c1)c1nc2scc(-c3cccs3)c2c(=O)[nH]1. The summed E-state index contributed by atoms with van der Waals surface area (Å²) in [5, 5.41) is 7.69. The molecule has 4 rings (SSSR count). The van der Waals surface area contributed by atoms with Crippen LogP contribution in [-0.4, -0.2) is 16.5 Å². The fourth-order valence-electron chi connectivity index (χ4n) is 3.10.